The zero-order chi connectivity index (χ0) is 18.2. The third-order valence-corrected chi connectivity index (χ3v) is 4.84. The predicted molar refractivity (Wildman–Crippen MR) is 102 cm³/mol. The molecule has 2 aromatic rings. The molecule has 25 heavy (non-hydrogen) atoms. The molecule has 0 radical (unpaired) electrons. The molecule has 0 heterocycles. The van der Waals surface area contributed by atoms with Crippen molar-refractivity contribution in [1.29, 1.82) is 0 Å². The summed E-state index contributed by atoms with van der Waals surface area (Å²) >= 11 is 12.1. The molecular formula is C20H21Cl2NO2. The Morgan fingerprint density at radius 1 is 1.12 bits per heavy atom. The molecule has 0 spiro atoms. The Labute approximate surface area is 158 Å². The van der Waals surface area contributed by atoms with Gasteiger partial charge in [0.25, 0.3) is 0 Å². The van der Waals surface area contributed by atoms with Gasteiger partial charge in [-0.2, -0.15) is 0 Å². The summed E-state index contributed by atoms with van der Waals surface area (Å²) in [5, 5.41) is 0.889. The Morgan fingerprint density at radius 2 is 1.84 bits per heavy atom. The normalized spacial score (nSPS) is 11.8. The maximum Gasteiger partial charge on any atom is 0.230 e. The van der Waals surface area contributed by atoms with Crippen molar-refractivity contribution in [3.63, 3.8) is 0 Å². The lowest BCUT2D eigenvalue weighted by molar-refractivity contribution is -0.132. The van der Waals surface area contributed by atoms with Crippen molar-refractivity contribution in [2.75, 3.05) is 7.05 Å². The van der Waals surface area contributed by atoms with E-state index in [1.54, 1.807) is 24.1 Å². The maximum atomic E-state index is 13.0. The molecule has 0 aliphatic carbocycles. The molecule has 1 amide bonds. The molecule has 132 valence electrons. The van der Waals surface area contributed by atoms with Crippen LogP contribution in [0.25, 0.3) is 0 Å². The molecule has 0 aliphatic rings. The van der Waals surface area contributed by atoms with E-state index >= 15 is 0 Å². The summed E-state index contributed by atoms with van der Waals surface area (Å²) in [4.78, 5) is 25.3. The summed E-state index contributed by atoms with van der Waals surface area (Å²) in [7, 11) is 1.79. The number of benzene rings is 2. The number of unbranched alkanes of at least 4 members (excludes halogenated alkanes) is 1. The first kappa shape index (κ1) is 19.5. The number of hydrogen-bond donors (Lipinski definition) is 0. The molecule has 3 nitrogen and oxygen atoms in total. The fraction of sp³-hybridized carbons (Fsp3) is 0.300. The van der Waals surface area contributed by atoms with Gasteiger partial charge in [-0.15, -0.1) is 0 Å². The summed E-state index contributed by atoms with van der Waals surface area (Å²) in [5.74, 6) is -0.337. The number of carbonyl (C=O) groups excluding carboxylic acids is 2. The lowest BCUT2D eigenvalue weighted by Crippen LogP contribution is -2.31. The van der Waals surface area contributed by atoms with Crippen LogP contribution in [0.3, 0.4) is 0 Å². The van der Waals surface area contributed by atoms with Crippen molar-refractivity contribution in [3.05, 3.63) is 69.7 Å². The van der Waals surface area contributed by atoms with Gasteiger partial charge in [-0.05, 0) is 36.1 Å². The summed E-state index contributed by atoms with van der Waals surface area (Å²) in [6.07, 6.45) is 2.56. The SMILES string of the molecule is CN(Cc1ccccc1)C(=O)C(CCCC=O)c1ccc(Cl)c(Cl)c1. The highest BCUT2D eigenvalue weighted by atomic mass is 35.5. The van der Waals surface area contributed by atoms with Gasteiger partial charge in [-0.3, -0.25) is 4.79 Å². The van der Waals surface area contributed by atoms with Crippen molar-refractivity contribution < 1.29 is 9.59 Å². The number of halogens is 2. The van der Waals surface area contributed by atoms with Crippen LogP contribution in [-0.2, 0) is 16.1 Å². The van der Waals surface area contributed by atoms with Crippen molar-refractivity contribution in [2.45, 2.75) is 31.7 Å². The molecule has 0 N–H and O–H groups in total. The van der Waals surface area contributed by atoms with Crippen LogP contribution in [0.2, 0.25) is 10.0 Å². The summed E-state index contributed by atoms with van der Waals surface area (Å²) < 4.78 is 0. The molecule has 2 aromatic carbocycles. The van der Waals surface area contributed by atoms with Gasteiger partial charge in [0, 0.05) is 20.0 Å². The molecule has 2 rings (SSSR count). The average molecular weight is 378 g/mol. The molecule has 0 saturated carbocycles. The van der Waals surface area contributed by atoms with Gasteiger partial charge in [0.05, 0.1) is 16.0 Å². The number of likely N-dealkylation sites (N-methyl/N-ethyl adjacent to an activating group) is 1. The lowest BCUT2D eigenvalue weighted by Gasteiger charge is -2.24. The Morgan fingerprint density at radius 3 is 2.48 bits per heavy atom. The summed E-state index contributed by atoms with van der Waals surface area (Å²) in [6, 6.07) is 15.1. The van der Waals surface area contributed by atoms with Gasteiger partial charge < -0.3 is 9.69 Å². The lowest BCUT2D eigenvalue weighted by atomic mass is 9.92. The Balaban J connectivity index is 2.19. The van der Waals surface area contributed by atoms with Crippen LogP contribution < -0.4 is 0 Å². The van der Waals surface area contributed by atoms with Gasteiger partial charge in [-0.1, -0.05) is 59.6 Å². The van der Waals surface area contributed by atoms with Crippen LogP contribution in [-0.4, -0.2) is 24.1 Å². The predicted octanol–water partition coefficient (Wildman–Crippen LogP) is 5.10. The highest BCUT2D eigenvalue weighted by Gasteiger charge is 2.24. The molecule has 1 atom stereocenters. The van der Waals surface area contributed by atoms with Crippen LogP contribution in [0.4, 0.5) is 0 Å². The highest BCUT2D eigenvalue weighted by Crippen LogP contribution is 2.30. The van der Waals surface area contributed by atoms with E-state index in [0.717, 1.165) is 17.4 Å². The van der Waals surface area contributed by atoms with Crippen LogP contribution in [0, 0.1) is 0 Å². The zero-order valence-corrected chi connectivity index (χ0v) is 15.6. The van der Waals surface area contributed by atoms with Gasteiger partial charge >= 0.3 is 0 Å². The maximum absolute atomic E-state index is 13.0. The highest BCUT2D eigenvalue weighted by molar-refractivity contribution is 6.42. The van der Waals surface area contributed by atoms with Crippen molar-refractivity contribution in [2.24, 2.45) is 0 Å². The number of hydrogen-bond acceptors (Lipinski definition) is 2. The smallest absolute Gasteiger partial charge is 0.230 e. The first-order chi connectivity index (χ1) is 12.0. The molecular weight excluding hydrogens is 357 g/mol. The standard InChI is InChI=1S/C20H21Cl2NO2/c1-23(14-15-7-3-2-4-8-15)20(25)17(9-5-6-12-24)16-10-11-18(21)19(22)13-16/h2-4,7-8,10-13,17H,5-6,9,14H2,1H3. The summed E-state index contributed by atoms with van der Waals surface area (Å²) in [6.45, 7) is 0.533. The second-order valence-electron chi connectivity index (χ2n) is 6.00. The minimum atomic E-state index is -0.344. The number of rotatable bonds is 8. The van der Waals surface area contributed by atoms with E-state index in [4.69, 9.17) is 23.2 Å². The third kappa shape index (κ3) is 5.58. The quantitative estimate of drug-likeness (QED) is 0.473. The van der Waals surface area contributed by atoms with Crippen molar-refractivity contribution in [3.8, 4) is 0 Å². The van der Waals surface area contributed by atoms with E-state index in [0.29, 0.717) is 35.9 Å². The van der Waals surface area contributed by atoms with Crippen molar-refractivity contribution in [1.82, 2.24) is 4.90 Å². The molecule has 0 aromatic heterocycles. The van der Waals surface area contributed by atoms with Crippen LogP contribution in [0.15, 0.2) is 48.5 Å². The minimum absolute atomic E-state index is 0.00754. The number of aldehydes is 1. The van der Waals surface area contributed by atoms with Crippen LogP contribution in [0.1, 0.15) is 36.3 Å². The van der Waals surface area contributed by atoms with E-state index in [9.17, 15) is 9.59 Å². The zero-order valence-electron chi connectivity index (χ0n) is 14.1. The van der Waals surface area contributed by atoms with Gasteiger partial charge in [-0.25, -0.2) is 0 Å². The van der Waals surface area contributed by atoms with Crippen LogP contribution >= 0.6 is 23.2 Å². The van der Waals surface area contributed by atoms with Gasteiger partial charge in [0.2, 0.25) is 5.91 Å². The Kier molecular flexibility index (Phi) is 7.48. The van der Waals surface area contributed by atoms with E-state index < -0.39 is 0 Å². The van der Waals surface area contributed by atoms with Crippen LogP contribution in [0.5, 0.6) is 0 Å². The summed E-state index contributed by atoms with van der Waals surface area (Å²) in [5.41, 5.74) is 1.89. The van der Waals surface area contributed by atoms with E-state index in [2.05, 4.69) is 0 Å². The van der Waals surface area contributed by atoms with E-state index in [1.807, 2.05) is 36.4 Å². The largest absolute Gasteiger partial charge is 0.341 e. The molecule has 0 saturated heterocycles. The van der Waals surface area contributed by atoms with E-state index in [-0.39, 0.29) is 11.8 Å². The Hall–Kier alpha value is -1.84. The molecule has 0 bridgehead atoms. The minimum Gasteiger partial charge on any atom is -0.341 e. The second-order valence-corrected chi connectivity index (χ2v) is 6.82. The van der Waals surface area contributed by atoms with E-state index in [1.165, 1.54) is 0 Å². The molecule has 0 fully saturated rings. The Bertz CT molecular complexity index is 719. The second kappa shape index (κ2) is 9.59. The monoisotopic (exact) mass is 377 g/mol. The number of amides is 1. The van der Waals surface area contributed by atoms with Gasteiger partial charge in [0.15, 0.2) is 0 Å². The fourth-order valence-electron chi connectivity index (χ4n) is 2.77. The van der Waals surface area contributed by atoms with Gasteiger partial charge in [0.1, 0.15) is 6.29 Å². The first-order valence-electron chi connectivity index (χ1n) is 8.20. The number of carbonyl (C=O) groups is 2. The molecule has 0 aliphatic heterocycles. The average Bonchev–Trinajstić information content (AvgIpc) is 2.61. The topological polar surface area (TPSA) is 37.4 Å². The van der Waals surface area contributed by atoms with Crippen molar-refractivity contribution >= 4 is 35.4 Å². The third-order valence-electron chi connectivity index (χ3n) is 4.10. The first-order valence-corrected chi connectivity index (χ1v) is 8.96. The number of nitrogens with zero attached hydrogens (tertiary/aromatic N) is 1. The molecule has 1 unspecified atom stereocenters. The molecule has 5 heteroatoms. The fourth-order valence-corrected chi connectivity index (χ4v) is 3.07.